The molecule has 3 heteroatoms. The first kappa shape index (κ1) is 9.90. The van der Waals surface area contributed by atoms with Crippen LogP contribution in [0.2, 0.25) is 0 Å². The standard InChI is InChI=1S/C14H13N3/c1-2-5-12(6-3-1)11-16-13-7-4-9-17-10-8-15-14(13)17/h1-10,16H,11H2. The highest BCUT2D eigenvalue weighted by Crippen LogP contribution is 2.15. The van der Waals surface area contributed by atoms with Crippen molar-refractivity contribution in [2.24, 2.45) is 0 Å². The van der Waals surface area contributed by atoms with Crippen LogP contribution >= 0.6 is 0 Å². The molecule has 2 heterocycles. The Labute approximate surface area is 99.7 Å². The largest absolute Gasteiger partial charge is 0.378 e. The minimum Gasteiger partial charge on any atom is -0.378 e. The molecule has 17 heavy (non-hydrogen) atoms. The first-order valence-electron chi connectivity index (χ1n) is 5.63. The molecule has 3 nitrogen and oxygen atoms in total. The third kappa shape index (κ3) is 1.99. The van der Waals surface area contributed by atoms with Crippen LogP contribution in [0.5, 0.6) is 0 Å². The molecule has 2 aromatic heterocycles. The Hall–Kier alpha value is -2.29. The van der Waals surface area contributed by atoms with E-state index in [-0.39, 0.29) is 0 Å². The molecule has 0 saturated carbocycles. The van der Waals surface area contributed by atoms with Gasteiger partial charge in [0.2, 0.25) is 0 Å². The lowest BCUT2D eigenvalue weighted by Crippen LogP contribution is -2.01. The van der Waals surface area contributed by atoms with Gasteiger partial charge in [-0.1, -0.05) is 30.3 Å². The Morgan fingerprint density at radius 1 is 1.00 bits per heavy atom. The summed E-state index contributed by atoms with van der Waals surface area (Å²) in [7, 11) is 0. The lowest BCUT2D eigenvalue weighted by molar-refractivity contribution is 1.12. The summed E-state index contributed by atoms with van der Waals surface area (Å²) in [6.45, 7) is 0.813. The number of nitrogens with zero attached hydrogens (tertiary/aromatic N) is 2. The zero-order chi connectivity index (χ0) is 11.5. The van der Waals surface area contributed by atoms with Gasteiger partial charge < -0.3 is 9.72 Å². The second kappa shape index (κ2) is 4.29. The second-order valence-corrected chi connectivity index (χ2v) is 3.92. The van der Waals surface area contributed by atoms with Gasteiger partial charge in [-0.25, -0.2) is 4.98 Å². The van der Waals surface area contributed by atoms with E-state index in [1.54, 1.807) is 0 Å². The number of anilines is 1. The van der Waals surface area contributed by atoms with Gasteiger partial charge in [-0.15, -0.1) is 0 Å². The van der Waals surface area contributed by atoms with Gasteiger partial charge in [-0.3, -0.25) is 0 Å². The van der Waals surface area contributed by atoms with E-state index in [4.69, 9.17) is 0 Å². The summed E-state index contributed by atoms with van der Waals surface area (Å²) in [5, 5.41) is 3.41. The van der Waals surface area contributed by atoms with Crippen LogP contribution < -0.4 is 5.32 Å². The summed E-state index contributed by atoms with van der Waals surface area (Å²) in [6, 6.07) is 14.4. The van der Waals surface area contributed by atoms with Crippen molar-refractivity contribution in [3.8, 4) is 0 Å². The minimum atomic E-state index is 0.813. The van der Waals surface area contributed by atoms with Gasteiger partial charge in [-0.2, -0.15) is 0 Å². The fourth-order valence-corrected chi connectivity index (χ4v) is 1.88. The smallest absolute Gasteiger partial charge is 0.160 e. The van der Waals surface area contributed by atoms with Gasteiger partial charge in [0.05, 0.1) is 5.69 Å². The number of rotatable bonds is 3. The summed E-state index contributed by atoms with van der Waals surface area (Å²) in [5.41, 5.74) is 3.28. The van der Waals surface area contributed by atoms with Crippen LogP contribution in [0.15, 0.2) is 61.1 Å². The molecule has 84 valence electrons. The number of hydrogen-bond donors (Lipinski definition) is 1. The Balaban J connectivity index is 1.84. The van der Waals surface area contributed by atoms with E-state index < -0.39 is 0 Å². The maximum atomic E-state index is 4.33. The average Bonchev–Trinajstić information content (AvgIpc) is 2.86. The molecule has 3 rings (SSSR count). The van der Waals surface area contributed by atoms with Gasteiger partial charge in [0.1, 0.15) is 0 Å². The van der Waals surface area contributed by atoms with Crippen LogP contribution in [0.25, 0.3) is 5.65 Å². The zero-order valence-corrected chi connectivity index (χ0v) is 9.38. The highest BCUT2D eigenvalue weighted by Gasteiger charge is 2.00. The van der Waals surface area contributed by atoms with Crippen LogP contribution in [0, 0.1) is 0 Å². The van der Waals surface area contributed by atoms with E-state index in [1.165, 1.54) is 5.56 Å². The number of hydrogen-bond acceptors (Lipinski definition) is 2. The third-order valence-corrected chi connectivity index (χ3v) is 2.74. The van der Waals surface area contributed by atoms with E-state index in [9.17, 15) is 0 Å². The molecule has 3 aromatic rings. The quantitative estimate of drug-likeness (QED) is 0.739. The van der Waals surface area contributed by atoms with Gasteiger partial charge in [0.15, 0.2) is 5.65 Å². The van der Waals surface area contributed by atoms with Crippen molar-refractivity contribution in [2.45, 2.75) is 6.54 Å². The number of nitrogens with one attached hydrogen (secondary N) is 1. The average molecular weight is 223 g/mol. The van der Waals surface area contributed by atoms with Crippen molar-refractivity contribution in [1.29, 1.82) is 0 Å². The molecule has 0 atom stereocenters. The normalized spacial score (nSPS) is 10.6. The lowest BCUT2D eigenvalue weighted by atomic mass is 10.2. The van der Waals surface area contributed by atoms with Gasteiger partial charge in [-0.05, 0) is 17.7 Å². The fraction of sp³-hybridized carbons (Fsp3) is 0.0714. The van der Waals surface area contributed by atoms with Crippen molar-refractivity contribution < 1.29 is 0 Å². The van der Waals surface area contributed by atoms with Crippen molar-refractivity contribution in [2.75, 3.05) is 5.32 Å². The first-order valence-corrected chi connectivity index (χ1v) is 5.63. The number of imidazole rings is 1. The van der Waals surface area contributed by atoms with Crippen molar-refractivity contribution in [1.82, 2.24) is 9.38 Å². The molecule has 1 N–H and O–H groups in total. The number of pyridine rings is 1. The highest BCUT2D eigenvalue weighted by molar-refractivity contribution is 5.67. The molecule has 0 aliphatic rings. The molecule has 0 unspecified atom stereocenters. The number of aromatic nitrogens is 2. The van der Waals surface area contributed by atoms with Crippen LogP contribution in [0.3, 0.4) is 0 Å². The van der Waals surface area contributed by atoms with Gasteiger partial charge >= 0.3 is 0 Å². The monoisotopic (exact) mass is 223 g/mol. The summed E-state index contributed by atoms with van der Waals surface area (Å²) < 4.78 is 2.01. The zero-order valence-electron chi connectivity index (χ0n) is 9.38. The summed E-state index contributed by atoms with van der Waals surface area (Å²) in [5.74, 6) is 0. The minimum absolute atomic E-state index is 0.813. The number of fused-ring (bicyclic) bond motifs is 1. The Bertz CT molecular complexity index is 613. The SMILES string of the molecule is c1ccc(CNc2cccn3ccnc23)cc1. The Morgan fingerprint density at radius 2 is 1.88 bits per heavy atom. The Morgan fingerprint density at radius 3 is 2.76 bits per heavy atom. The predicted octanol–water partition coefficient (Wildman–Crippen LogP) is 2.95. The van der Waals surface area contributed by atoms with Crippen molar-refractivity contribution in [3.05, 3.63) is 66.6 Å². The summed E-state index contributed by atoms with van der Waals surface area (Å²) in [6.07, 6.45) is 5.75. The molecule has 0 fully saturated rings. The molecule has 0 saturated heterocycles. The number of benzene rings is 1. The maximum absolute atomic E-state index is 4.33. The molecule has 0 bridgehead atoms. The fourth-order valence-electron chi connectivity index (χ4n) is 1.88. The highest BCUT2D eigenvalue weighted by atomic mass is 15.0. The topological polar surface area (TPSA) is 29.3 Å². The first-order chi connectivity index (χ1) is 8.43. The van der Waals surface area contributed by atoms with Crippen LogP contribution in [-0.4, -0.2) is 9.38 Å². The lowest BCUT2D eigenvalue weighted by Gasteiger charge is -2.07. The molecule has 0 spiro atoms. The van der Waals surface area contributed by atoms with Crippen molar-refractivity contribution in [3.63, 3.8) is 0 Å². The van der Waals surface area contributed by atoms with E-state index in [1.807, 2.05) is 53.3 Å². The molecule has 0 amide bonds. The second-order valence-electron chi connectivity index (χ2n) is 3.92. The van der Waals surface area contributed by atoms with Crippen LogP contribution in [0.4, 0.5) is 5.69 Å². The maximum Gasteiger partial charge on any atom is 0.160 e. The summed E-state index contributed by atoms with van der Waals surface area (Å²) >= 11 is 0. The van der Waals surface area contributed by atoms with E-state index >= 15 is 0 Å². The molecular weight excluding hydrogens is 210 g/mol. The van der Waals surface area contributed by atoms with E-state index in [2.05, 4.69) is 22.4 Å². The van der Waals surface area contributed by atoms with Crippen LogP contribution in [-0.2, 0) is 6.54 Å². The van der Waals surface area contributed by atoms with Crippen molar-refractivity contribution >= 4 is 11.3 Å². The van der Waals surface area contributed by atoms with E-state index in [0.717, 1.165) is 17.9 Å². The molecule has 1 aromatic carbocycles. The Kier molecular flexibility index (Phi) is 2.50. The molecular formula is C14H13N3. The van der Waals surface area contributed by atoms with Gasteiger partial charge in [0.25, 0.3) is 0 Å². The van der Waals surface area contributed by atoms with E-state index in [0.29, 0.717) is 0 Å². The summed E-state index contributed by atoms with van der Waals surface area (Å²) in [4.78, 5) is 4.33. The third-order valence-electron chi connectivity index (χ3n) is 2.74. The molecule has 0 radical (unpaired) electrons. The predicted molar refractivity (Wildman–Crippen MR) is 69.0 cm³/mol. The molecule has 0 aliphatic carbocycles. The van der Waals surface area contributed by atoms with Gasteiger partial charge in [0, 0.05) is 25.1 Å². The van der Waals surface area contributed by atoms with Crippen LogP contribution in [0.1, 0.15) is 5.56 Å². The molecule has 0 aliphatic heterocycles.